The molecule has 21 heavy (non-hydrogen) atoms. The fourth-order valence-electron chi connectivity index (χ4n) is 2.28. The molecule has 0 radical (unpaired) electrons. The second kappa shape index (κ2) is 5.33. The average molecular weight is 391 g/mol. The molecule has 3 rings (SSSR count). The number of nitrogens with zero attached hydrogens (tertiary/aromatic N) is 1. The molecule has 1 aromatic heterocycles. The van der Waals surface area contributed by atoms with Crippen molar-refractivity contribution in [1.29, 1.82) is 0 Å². The van der Waals surface area contributed by atoms with Crippen LogP contribution in [0.15, 0.2) is 54.7 Å². The van der Waals surface area contributed by atoms with E-state index in [0.29, 0.717) is 16.5 Å². The van der Waals surface area contributed by atoms with Gasteiger partial charge in [-0.25, -0.2) is 4.79 Å². The second-order valence-electron chi connectivity index (χ2n) is 4.55. The molecule has 2 aromatic carbocycles. The number of benzene rings is 2. The molecule has 3 aromatic rings. The highest BCUT2D eigenvalue weighted by molar-refractivity contribution is 14.1. The van der Waals surface area contributed by atoms with Gasteiger partial charge in [0.05, 0.1) is 11.1 Å². The maximum Gasteiger partial charge on any atom is 0.337 e. The summed E-state index contributed by atoms with van der Waals surface area (Å²) in [6.45, 7) is 0. The first-order valence-corrected chi connectivity index (χ1v) is 7.29. The summed E-state index contributed by atoms with van der Waals surface area (Å²) < 4.78 is 2.35. The molecule has 0 spiro atoms. The van der Waals surface area contributed by atoms with Gasteiger partial charge in [-0.1, -0.05) is 24.3 Å². The summed E-state index contributed by atoms with van der Waals surface area (Å²) in [7, 11) is 0. The molecule has 0 aliphatic heterocycles. The van der Waals surface area contributed by atoms with E-state index in [-0.39, 0.29) is 11.5 Å². The normalized spacial score (nSPS) is 10.7. The Hall–Kier alpha value is -2.15. The van der Waals surface area contributed by atoms with Crippen LogP contribution in [-0.2, 0) is 0 Å². The predicted octanol–water partition coefficient (Wildman–Crippen LogP) is 3.63. The first kappa shape index (κ1) is 13.8. The van der Waals surface area contributed by atoms with E-state index >= 15 is 0 Å². The van der Waals surface area contributed by atoms with Crippen LogP contribution in [0, 0.1) is 3.57 Å². The van der Waals surface area contributed by atoms with E-state index in [9.17, 15) is 14.7 Å². The number of aromatic nitrogens is 1. The molecular weight excluding hydrogens is 381 g/mol. The molecule has 1 N–H and O–H groups in total. The van der Waals surface area contributed by atoms with Gasteiger partial charge in [-0.3, -0.25) is 9.36 Å². The number of carboxylic acids is 1. The van der Waals surface area contributed by atoms with Crippen molar-refractivity contribution >= 4 is 45.4 Å². The van der Waals surface area contributed by atoms with Crippen molar-refractivity contribution in [2.75, 3.05) is 0 Å². The molecule has 4 nitrogen and oxygen atoms in total. The molecule has 0 aliphatic rings. The molecule has 104 valence electrons. The summed E-state index contributed by atoms with van der Waals surface area (Å²) in [5.74, 6) is -1.28. The Morgan fingerprint density at radius 2 is 1.81 bits per heavy atom. The second-order valence-corrected chi connectivity index (χ2v) is 5.80. The van der Waals surface area contributed by atoms with E-state index in [1.807, 2.05) is 6.07 Å². The number of carbonyl (C=O) groups is 2. The third kappa shape index (κ3) is 2.44. The molecule has 0 bridgehead atoms. The smallest absolute Gasteiger partial charge is 0.337 e. The zero-order valence-electron chi connectivity index (χ0n) is 10.8. The molecule has 0 saturated heterocycles. The highest BCUT2D eigenvalue weighted by Gasteiger charge is 2.18. The topological polar surface area (TPSA) is 59.3 Å². The number of halogens is 1. The fraction of sp³-hybridized carbons (Fsp3) is 0. The van der Waals surface area contributed by atoms with E-state index in [1.54, 1.807) is 42.5 Å². The van der Waals surface area contributed by atoms with E-state index < -0.39 is 5.97 Å². The predicted molar refractivity (Wildman–Crippen MR) is 87.8 cm³/mol. The number of rotatable bonds is 2. The highest BCUT2D eigenvalue weighted by atomic mass is 127. The quantitative estimate of drug-likeness (QED) is 0.679. The van der Waals surface area contributed by atoms with Gasteiger partial charge in [0.25, 0.3) is 5.91 Å². The largest absolute Gasteiger partial charge is 0.478 e. The highest BCUT2D eigenvalue weighted by Crippen LogP contribution is 2.22. The molecule has 0 atom stereocenters. The summed E-state index contributed by atoms with van der Waals surface area (Å²) in [5.41, 5.74) is 1.25. The van der Waals surface area contributed by atoms with E-state index in [0.717, 1.165) is 3.57 Å². The van der Waals surface area contributed by atoms with Crippen LogP contribution in [0.4, 0.5) is 0 Å². The van der Waals surface area contributed by atoms with Crippen LogP contribution < -0.4 is 0 Å². The van der Waals surface area contributed by atoms with Crippen molar-refractivity contribution in [3.05, 3.63) is 69.4 Å². The van der Waals surface area contributed by atoms with Gasteiger partial charge in [0.15, 0.2) is 0 Å². The molecule has 0 unspecified atom stereocenters. The van der Waals surface area contributed by atoms with E-state index in [2.05, 4.69) is 22.6 Å². The third-order valence-electron chi connectivity index (χ3n) is 3.23. The summed E-state index contributed by atoms with van der Waals surface area (Å²) in [6.07, 6.45) is 1.38. The van der Waals surface area contributed by atoms with E-state index in [4.69, 9.17) is 0 Å². The maximum absolute atomic E-state index is 12.6. The molecule has 1 heterocycles. The summed E-state index contributed by atoms with van der Waals surface area (Å²) in [5, 5.41) is 9.83. The first-order chi connectivity index (χ1) is 10.1. The minimum atomic E-state index is -1.04. The Labute approximate surface area is 134 Å². The molecule has 0 aliphatic carbocycles. The van der Waals surface area contributed by atoms with Crippen LogP contribution in [-0.4, -0.2) is 21.6 Å². The Balaban J connectivity index is 2.21. The Bertz CT molecular complexity index is 867. The number of hydrogen-bond acceptors (Lipinski definition) is 2. The van der Waals surface area contributed by atoms with Gasteiger partial charge in [0.1, 0.15) is 0 Å². The van der Waals surface area contributed by atoms with Crippen molar-refractivity contribution < 1.29 is 14.7 Å². The van der Waals surface area contributed by atoms with Crippen molar-refractivity contribution in [1.82, 2.24) is 4.57 Å². The first-order valence-electron chi connectivity index (χ1n) is 6.21. The number of carbonyl (C=O) groups excluding carboxylic acids is 1. The zero-order valence-corrected chi connectivity index (χ0v) is 12.9. The van der Waals surface area contributed by atoms with Crippen molar-refractivity contribution in [3.63, 3.8) is 0 Å². The van der Waals surface area contributed by atoms with Gasteiger partial charge < -0.3 is 5.11 Å². The van der Waals surface area contributed by atoms with Crippen molar-refractivity contribution in [2.45, 2.75) is 0 Å². The lowest BCUT2D eigenvalue weighted by Crippen LogP contribution is -2.11. The third-order valence-corrected chi connectivity index (χ3v) is 3.90. The number of carboxylic acid groups (broad SMARTS) is 1. The van der Waals surface area contributed by atoms with Gasteiger partial charge in [0.2, 0.25) is 0 Å². The number of fused-ring (bicyclic) bond motifs is 1. The summed E-state index contributed by atoms with van der Waals surface area (Å²) in [4.78, 5) is 23.9. The van der Waals surface area contributed by atoms with E-state index in [1.165, 1.54) is 10.8 Å². The lowest BCUT2D eigenvalue weighted by atomic mass is 10.2. The molecule has 5 heteroatoms. The van der Waals surface area contributed by atoms with Gasteiger partial charge in [-0.2, -0.15) is 0 Å². The summed E-state index contributed by atoms with van der Waals surface area (Å²) in [6, 6.07) is 14.2. The zero-order chi connectivity index (χ0) is 15.0. The van der Waals surface area contributed by atoms with Crippen LogP contribution in [0.2, 0.25) is 0 Å². The monoisotopic (exact) mass is 391 g/mol. The van der Waals surface area contributed by atoms with Crippen molar-refractivity contribution in [3.8, 4) is 0 Å². The minimum Gasteiger partial charge on any atom is -0.478 e. The Kier molecular flexibility index (Phi) is 3.50. The van der Waals surface area contributed by atoms with Gasteiger partial charge in [0, 0.05) is 20.7 Å². The molecule has 0 saturated carbocycles. The fourth-order valence-corrected chi connectivity index (χ4v) is 2.82. The van der Waals surface area contributed by atoms with Gasteiger partial charge >= 0.3 is 5.97 Å². The minimum absolute atomic E-state index is 0.129. The van der Waals surface area contributed by atoms with Crippen LogP contribution in [0.3, 0.4) is 0 Å². The molecular formula is C16H10INO3. The van der Waals surface area contributed by atoms with Crippen LogP contribution >= 0.6 is 22.6 Å². The molecule has 0 fully saturated rings. The van der Waals surface area contributed by atoms with Gasteiger partial charge in [-0.05, 0) is 46.9 Å². The average Bonchev–Trinajstić information content (AvgIpc) is 2.86. The number of para-hydroxylation sites is 1. The Morgan fingerprint density at radius 3 is 2.52 bits per heavy atom. The van der Waals surface area contributed by atoms with Crippen LogP contribution in [0.1, 0.15) is 20.7 Å². The maximum atomic E-state index is 12.6. The van der Waals surface area contributed by atoms with Crippen molar-refractivity contribution in [2.24, 2.45) is 0 Å². The lowest BCUT2D eigenvalue weighted by molar-refractivity contribution is 0.0699. The summed E-state index contributed by atoms with van der Waals surface area (Å²) >= 11 is 2.14. The van der Waals surface area contributed by atoms with Gasteiger partial charge in [-0.15, -0.1) is 0 Å². The standard InChI is InChI=1S/C16H10INO3/c17-11-5-3-4-10(8-11)15(19)18-9-13(16(20)21)12-6-1-2-7-14(12)18/h1-9H,(H,20,21). The Morgan fingerprint density at radius 1 is 1.05 bits per heavy atom. The SMILES string of the molecule is O=C(O)c1cn(C(=O)c2cccc(I)c2)c2ccccc12. The number of hydrogen-bond donors (Lipinski definition) is 1. The number of aromatic carboxylic acids is 1. The van der Waals surface area contributed by atoms with Crippen LogP contribution in [0.25, 0.3) is 10.9 Å². The van der Waals surface area contributed by atoms with Crippen LogP contribution in [0.5, 0.6) is 0 Å². The lowest BCUT2D eigenvalue weighted by Gasteiger charge is -2.04. The molecule has 0 amide bonds.